The molecule has 2 aromatic rings. The van der Waals surface area contributed by atoms with E-state index in [2.05, 4.69) is 48.0 Å². The summed E-state index contributed by atoms with van der Waals surface area (Å²) in [6.45, 7) is 3.51. The summed E-state index contributed by atoms with van der Waals surface area (Å²) < 4.78 is 5.92. The van der Waals surface area contributed by atoms with Gasteiger partial charge < -0.3 is 11.5 Å². The highest BCUT2D eigenvalue weighted by atomic mass is 32.1. The fraction of sp³-hybridized carbons (Fsp3) is 0.250. The van der Waals surface area contributed by atoms with Gasteiger partial charge in [0.25, 0.3) is 0 Å². The van der Waals surface area contributed by atoms with Crippen molar-refractivity contribution in [2.45, 2.75) is 13.8 Å². The van der Waals surface area contributed by atoms with Crippen LogP contribution in [0.25, 0.3) is 5.82 Å². The van der Waals surface area contributed by atoms with Crippen molar-refractivity contribution in [3.63, 3.8) is 0 Å². The normalized spacial score (nSPS) is 11.6. The Bertz CT molecular complexity index is 642. The summed E-state index contributed by atoms with van der Waals surface area (Å²) in [5.41, 5.74) is 15.1. The predicted octanol–water partition coefficient (Wildman–Crippen LogP) is -0.902. The summed E-state index contributed by atoms with van der Waals surface area (Å²) in [6.07, 6.45) is 0. The van der Waals surface area contributed by atoms with Crippen LogP contribution < -0.4 is 16.9 Å². The van der Waals surface area contributed by atoms with Crippen LogP contribution in [0.4, 0.5) is 5.82 Å². The average molecular weight is 281 g/mol. The molecule has 2 rings (SSSR count). The molecule has 11 heteroatoms. The van der Waals surface area contributed by atoms with Crippen molar-refractivity contribution >= 4 is 28.9 Å². The van der Waals surface area contributed by atoms with Crippen LogP contribution in [0.5, 0.6) is 0 Å². The van der Waals surface area contributed by atoms with Crippen LogP contribution in [-0.4, -0.2) is 36.1 Å². The Morgan fingerprint density at radius 2 is 2.21 bits per heavy atom. The molecular weight excluding hydrogens is 270 g/mol. The lowest BCUT2D eigenvalue weighted by Crippen LogP contribution is -2.25. The lowest BCUT2D eigenvalue weighted by Gasteiger charge is -2.00. The third-order valence-corrected chi connectivity index (χ3v) is 2.36. The van der Waals surface area contributed by atoms with E-state index in [1.165, 1.54) is 4.68 Å². The molecule has 0 radical (unpaired) electrons. The zero-order chi connectivity index (χ0) is 14.0. The molecular formula is C8H11N9OS. The maximum absolute atomic E-state index is 5.59. The lowest BCUT2D eigenvalue weighted by atomic mass is 10.2. The Hall–Kier alpha value is -2.56. The second-order valence-corrected chi connectivity index (χ2v) is 4.02. The fourth-order valence-electron chi connectivity index (χ4n) is 1.39. The molecule has 0 aliphatic rings. The molecule has 10 nitrogen and oxygen atoms in total. The maximum Gasteiger partial charge on any atom is 0.243 e. The van der Waals surface area contributed by atoms with Crippen LogP contribution in [0, 0.1) is 6.92 Å². The molecule has 2 aromatic heterocycles. The first-order valence-electron chi connectivity index (χ1n) is 5.11. The summed E-state index contributed by atoms with van der Waals surface area (Å²) in [7, 11) is 0. The van der Waals surface area contributed by atoms with Gasteiger partial charge in [-0.1, -0.05) is 5.21 Å². The predicted molar refractivity (Wildman–Crippen MR) is 70.5 cm³/mol. The highest BCUT2D eigenvalue weighted by Crippen LogP contribution is 2.14. The number of nitrogen functional groups attached to an aromatic ring is 1. The largest absolute Gasteiger partial charge is 0.378 e. The number of nitrogens with two attached hydrogens (primary N) is 2. The quantitative estimate of drug-likeness (QED) is 0.370. The molecule has 100 valence electrons. The monoisotopic (exact) mass is 281 g/mol. The Kier molecular flexibility index (Phi) is 3.37. The van der Waals surface area contributed by atoms with Crippen molar-refractivity contribution < 1.29 is 4.63 Å². The van der Waals surface area contributed by atoms with E-state index in [9.17, 15) is 0 Å². The van der Waals surface area contributed by atoms with Gasteiger partial charge in [-0.3, -0.25) is 5.43 Å². The minimum Gasteiger partial charge on any atom is -0.378 e. The zero-order valence-corrected chi connectivity index (χ0v) is 11.0. The molecule has 0 atom stereocenters. The van der Waals surface area contributed by atoms with Gasteiger partial charge in [-0.2, -0.15) is 9.78 Å². The van der Waals surface area contributed by atoms with Crippen LogP contribution in [0.3, 0.4) is 0 Å². The summed E-state index contributed by atoms with van der Waals surface area (Å²) in [4.78, 5) is 0. The Morgan fingerprint density at radius 1 is 1.47 bits per heavy atom. The number of hydrogen-bond acceptors (Lipinski definition) is 8. The molecule has 0 spiro atoms. The van der Waals surface area contributed by atoms with Crippen molar-refractivity contribution in [1.82, 2.24) is 30.7 Å². The van der Waals surface area contributed by atoms with Gasteiger partial charge in [-0.15, -0.1) is 5.10 Å². The molecule has 0 bridgehead atoms. The molecule has 0 amide bonds. The smallest absolute Gasteiger partial charge is 0.243 e. The van der Waals surface area contributed by atoms with E-state index in [4.69, 9.17) is 11.5 Å². The summed E-state index contributed by atoms with van der Waals surface area (Å²) >= 11 is 4.66. The van der Waals surface area contributed by atoms with Crippen molar-refractivity contribution in [1.29, 1.82) is 0 Å². The molecule has 5 N–H and O–H groups in total. The van der Waals surface area contributed by atoms with Crippen LogP contribution in [0.2, 0.25) is 0 Å². The molecule has 0 aromatic carbocycles. The van der Waals surface area contributed by atoms with E-state index in [0.717, 1.165) is 0 Å². The molecule has 0 saturated carbocycles. The van der Waals surface area contributed by atoms with Crippen LogP contribution in [0.15, 0.2) is 9.73 Å². The zero-order valence-electron chi connectivity index (χ0n) is 10.2. The molecule has 0 saturated heterocycles. The van der Waals surface area contributed by atoms with Crippen molar-refractivity contribution in [2.75, 3.05) is 5.73 Å². The molecule has 0 fully saturated rings. The first-order chi connectivity index (χ1) is 9.00. The van der Waals surface area contributed by atoms with E-state index in [1.807, 2.05) is 0 Å². The summed E-state index contributed by atoms with van der Waals surface area (Å²) in [5.74, 6) is 0.391. The van der Waals surface area contributed by atoms with Gasteiger partial charge in [0.2, 0.25) is 11.6 Å². The number of nitrogens with one attached hydrogen (secondary N) is 1. The fourth-order valence-corrected chi connectivity index (χ4v) is 1.44. The minimum absolute atomic E-state index is 0.0642. The number of anilines is 1. The number of hydrazone groups is 1. The second kappa shape index (κ2) is 4.97. The van der Waals surface area contributed by atoms with Crippen molar-refractivity contribution in [2.24, 2.45) is 10.8 Å². The number of hydrogen-bond donors (Lipinski definition) is 3. The highest BCUT2D eigenvalue weighted by Gasteiger charge is 2.17. The van der Waals surface area contributed by atoms with Crippen LogP contribution in [-0.2, 0) is 0 Å². The van der Waals surface area contributed by atoms with Gasteiger partial charge in [-0.25, -0.2) is 4.63 Å². The van der Waals surface area contributed by atoms with Gasteiger partial charge in [0.1, 0.15) is 5.69 Å². The first-order valence-corrected chi connectivity index (χ1v) is 5.52. The number of thiocarbonyl (C=S) groups is 1. The van der Waals surface area contributed by atoms with E-state index in [0.29, 0.717) is 17.1 Å². The maximum atomic E-state index is 5.59. The van der Waals surface area contributed by atoms with Crippen molar-refractivity contribution in [3.05, 3.63) is 11.4 Å². The summed E-state index contributed by atoms with van der Waals surface area (Å²) in [6, 6.07) is 0. The average Bonchev–Trinajstić information content (AvgIpc) is 2.92. The summed E-state index contributed by atoms with van der Waals surface area (Å²) in [5, 5.41) is 19.1. The topological polar surface area (TPSA) is 146 Å². The second-order valence-electron chi connectivity index (χ2n) is 3.58. The van der Waals surface area contributed by atoms with Gasteiger partial charge in [0.05, 0.1) is 11.4 Å². The van der Waals surface area contributed by atoms with E-state index < -0.39 is 0 Å². The van der Waals surface area contributed by atoms with Gasteiger partial charge in [0, 0.05) is 0 Å². The Labute approximate surface area is 112 Å². The van der Waals surface area contributed by atoms with E-state index in [-0.39, 0.29) is 16.7 Å². The SMILES string of the molecule is C/C(=N/NC(N)=S)c1nnn(-c2nonc2N)c1C. The number of rotatable bonds is 3. The third-order valence-electron chi connectivity index (χ3n) is 2.27. The van der Waals surface area contributed by atoms with Crippen molar-refractivity contribution in [3.8, 4) is 5.82 Å². The standard InChI is InChI=1S/C8H11N9OS/c1-3(11-13-8(10)19)5-4(2)17(16-12-5)7-6(9)14-18-15-7/h1-2H3,(H2,9,14)(H3,10,13,19)/b11-3-. The van der Waals surface area contributed by atoms with Gasteiger partial charge >= 0.3 is 0 Å². The van der Waals surface area contributed by atoms with Gasteiger partial charge in [0.15, 0.2) is 5.11 Å². The molecule has 0 aliphatic heterocycles. The van der Waals surface area contributed by atoms with Crippen LogP contribution in [0.1, 0.15) is 18.3 Å². The first kappa shape index (κ1) is 12.9. The Morgan fingerprint density at radius 3 is 2.79 bits per heavy atom. The molecule has 2 heterocycles. The van der Waals surface area contributed by atoms with E-state index in [1.54, 1.807) is 13.8 Å². The van der Waals surface area contributed by atoms with Gasteiger partial charge in [-0.05, 0) is 36.4 Å². The number of nitrogens with zero attached hydrogens (tertiary/aromatic N) is 6. The Balaban J connectivity index is 2.36. The lowest BCUT2D eigenvalue weighted by molar-refractivity contribution is 0.306. The molecule has 19 heavy (non-hydrogen) atoms. The molecule has 0 aliphatic carbocycles. The highest BCUT2D eigenvalue weighted by molar-refractivity contribution is 7.80. The third kappa shape index (κ3) is 2.49. The van der Waals surface area contributed by atoms with E-state index >= 15 is 0 Å². The minimum atomic E-state index is 0.0642. The number of aromatic nitrogens is 5. The molecule has 0 unspecified atom stereocenters. The van der Waals surface area contributed by atoms with Crippen LogP contribution >= 0.6 is 12.2 Å².